The minimum Gasteiger partial charge on any atom is -0.469 e. The van der Waals surface area contributed by atoms with Gasteiger partial charge < -0.3 is 19.5 Å². The number of amides is 1. The second-order valence-electron chi connectivity index (χ2n) is 15.1. The van der Waals surface area contributed by atoms with Crippen LogP contribution in [-0.2, 0) is 36.6 Å². The van der Waals surface area contributed by atoms with Gasteiger partial charge in [0.25, 0.3) is 0 Å². The van der Waals surface area contributed by atoms with Gasteiger partial charge in [-0.15, -0.1) is 22.7 Å². The summed E-state index contributed by atoms with van der Waals surface area (Å²) in [5.74, 6) is -0.375. The molecule has 4 aliphatic heterocycles. The third kappa shape index (κ3) is 11.7. The van der Waals surface area contributed by atoms with E-state index in [2.05, 4.69) is 29.8 Å². The lowest BCUT2D eigenvalue weighted by molar-refractivity contribution is -0.141. The van der Waals surface area contributed by atoms with Crippen LogP contribution in [0.2, 0.25) is 0 Å². The normalized spacial score (nSPS) is 24.5. The summed E-state index contributed by atoms with van der Waals surface area (Å²) in [6.45, 7) is 12.1. The number of aryl methyl sites for hydroxylation is 2. The number of aromatic nitrogens is 2. The standard InChI is InChI=1S/C21H33N3O4S.C16H25N3O2S/c1-21(2,3)28-20(26)24-14-15(23-10-6-5-7-11-23)12-17(24)19-22-13-16(29-19)8-9-18(25)27-4;1-21-15(20)6-5-13-11-18-16(22-13)14-9-12(10-17-14)19-7-3-2-4-8-19/h13,15,17H,5-12,14H2,1-4H3;11-12,14,17H,2-10H2,1H3/t15-,17-;12-,14-/m00/s1. The van der Waals surface area contributed by atoms with E-state index in [4.69, 9.17) is 9.47 Å². The number of thiazole rings is 2. The number of ether oxygens (including phenoxy) is 3. The first-order valence-corrected chi connectivity index (χ1v) is 20.4. The molecule has 12 nitrogen and oxygen atoms in total. The Bertz CT molecular complexity index is 1420. The van der Waals surface area contributed by atoms with E-state index in [1.807, 2.05) is 38.1 Å². The lowest BCUT2D eigenvalue weighted by Gasteiger charge is -2.32. The second-order valence-corrected chi connectivity index (χ2v) is 17.4. The molecule has 2 aromatic rings. The fourth-order valence-corrected chi connectivity index (χ4v) is 9.48. The Kier molecular flexibility index (Phi) is 14.7. The Morgan fingerprint density at radius 2 is 1.31 bits per heavy atom. The molecule has 6 rings (SSSR count). The Morgan fingerprint density at radius 3 is 1.86 bits per heavy atom. The highest BCUT2D eigenvalue weighted by Crippen LogP contribution is 2.38. The molecule has 51 heavy (non-hydrogen) atoms. The largest absolute Gasteiger partial charge is 0.469 e. The van der Waals surface area contributed by atoms with Crippen molar-refractivity contribution < 1.29 is 28.6 Å². The van der Waals surface area contributed by atoms with Gasteiger partial charge >= 0.3 is 18.0 Å². The lowest BCUT2D eigenvalue weighted by atomic mass is 10.1. The number of methoxy groups -OCH3 is 2. The summed E-state index contributed by atoms with van der Waals surface area (Å²) in [5, 5.41) is 5.72. The smallest absolute Gasteiger partial charge is 0.410 e. The van der Waals surface area contributed by atoms with Crippen LogP contribution in [-0.4, -0.2) is 114 Å². The molecule has 4 saturated heterocycles. The first-order chi connectivity index (χ1) is 24.5. The average molecular weight is 747 g/mol. The number of piperidine rings is 2. The SMILES string of the molecule is COC(=O)CCc1cnc([C@@H]2C[C@H](N3CCCCC3)CN2)s1.COC(=O)CCc1cnc([C@@H]2C[C@H](N3CCCCC3)CN2C(=O)OC(C)(C)C)s1. The molecule has 284 valence electrons. The zero-order valence-electron chi connectivity index (χ0n) is 31.2. The molecule has 14 heteroatoms. The third-order valence-corrected chi connectivity index (χ3v) is 12.5. The topological polar surface area (TPSA) is 126 Å². The second kappa shape index (κ2) is 18.9. The number of hydrogen-bond donors (Lipinski definition) is 1. The van der Waals surface area contributed by atoms with E-state index in [1.165, 1.54) is 75.7 Å². The number of carbonyl (C=O) groups is 3. The zero-order valence-corrected chi connectivity index (χ0v) is 32.8. The van der Waals surface area contributed by atoms with E-state index in [0.717, 1.165) is 48.8 Å². The molecule has 4 aliphatic rings. The van der Waals surface area contributed by atoms with Gasteiger partial charge in [-0.3, -0.25) is 24.3 Å². The quantitative estimate of drug-likeness (QED) is 0.230. The highest BCUT2D eigenvalue weighted by atomic mass is 32.1. The number of likely N-dealkylation sites (tertiary alicyclic amines) is 3. The molecule has 1 amide bonds. The van der Waals surface area contributed by atoms with Crippen molar-refractivity contribution in [2.75, 3.05) is 53.5 Å². The summed E-state index contributed by atoms with van der Waals surface area (Å²) >= 11 is 3.31. The summed E-state index contributed by atoms with van der Waals surface area (Å²) in [4.78, 5) is 54.0. The molecule has 0 unspecified atom stereocenters. The highest BCUT2D eigenvalue weighted by molar-refractivity contribution is 7.12. The van der Waals surface area contributed by atoms with Crippen molar-refractivity contribution in [3.8, 4) is 0 Å². The van der Waals surface area contributed by atoms with Crippen molar-refractivity contribution in [3.05, 3.63) is 32.2 Å². The molecule has 1 N–H and O–H groups in total. The molecule has 0 aliphatic carbocycles. The van der Waals surface area contributed by atoms with Gasteiger partial charge in [-0.1, -0.05) is 12.8 Å². The number of nitrogens with zero attached hydrogens (tertiary/aromatic N) is 5. The molecule has 0 spiro atoms. The number of rotatable bonds is 10. The summed E-state index contributed by atoms with van der Waals surface area (Å²) in [6.07, 6.45) is 15.4. The maximum Gasteiger partial charge on any atom is 0.410 e. The van der Waals surface area contributed by atoms with Crippen molar-refractivity contribution in [3.63, 3.8) is 0 Å². The van der Waals surface area contributed by atoms with Gasteiger partial charge in [0.1, 0.15) is 15.6 Å². The van der Waals surface area contributed by atoms with Gasteiger partial charge in [0, 0.05) is 47.3 Å². The summed E-state index contributed by atoms with van der Waals surface area (Å²) in [5.41, 5.74) is -0.528. The highest BCUT2D eigenvalue weighted by Gasteiger charge is 2.42. The molecule has 4 atom stereocenters. The predicted octanol–water partition coefficient (Wildman–Crippen LogP) is 5.92. The molecule has 0 aromatic carbocycles. The van der Waals surface area contributed by atoms with Crippen LogP contribution >= 0.6 is 22.7 Å². The van der Waals surface area contributed by atoms with E-state index in [-0.39, 0.29) is 24.1 Å². The van der Waals surface area contributed by atoms with Crippen molar-refractivity contribution in [2.45, 2.75) is 128 Å². The monoisotopic (exact) mass is 746 g/mol. The number of carbonyl (C=O) groups excluding carboxylic acids is 3. The summed E-state index contributed by atoms with van der Waals surface area (Å²) in [6, 6.07) is 1.31. The molecule has 6 heterocycles. The van der Waals surface area contributed by atoms with Gasteiger partial charge in [-0.25, -0.2) is 14.8 Å². The van der Waals surface area contributed by atoms with Crippen LogP contribution in [0, 0.1) is 0 Å². The fraction of sp³-hybridized carbons (Fsp3) is 0.757. The fourth-order valence-electron chi connectivity index (χ4n) is 7.43. The van der Waals surface area contributed by atoms with Crippen LogP contribution in [0.5, 0.6) is 0 Å². The molecule has 0 saturated carbocycles. The summed E-state index contributed by atoms with van der Waals surface area (Å²) < 4.78 is 15.1. The van der Waals surface area contributed by atoms with Crippen LogP contribution in [0.15, 0.2) is 12.4 Å². The minimum absolute atomic E-state index is 0.0753. The number of hydrogen-bond acceptors (Lipinski definition) is 13. The first kappa shape index (κ1) is 39.6. The maximum atomic E-state index is 12.9. The van der Waals surface area contributed by atoms with Gasteiger partial charge in [0.2, 0.25) is 0 Å². The Hall–Kier alpha value is -2.65. The summed E-state index contributed by atoms with van der Waals surface area (Å²) in [7, 11) is 2.84. The maximum absolute atomic E-state index is 12.9. The molecular weight excluding hydrogens is 689 g/mol. The molecule has 4 fully saturated rings. The van der Waals surface area contributed by atoms with E-state index in [1.54, 1.807) is 22.7 Å². The van der Waals surface area contributed by atoms with Gasteiger partial charge in [0.05, 0.1) is 39.1 Å². The van der Waals surface area contributed by atoms with Crippen molar-refractivity contribution in [1.82, 2.24) is 30.0 Å². The molecule has 2 aromatic heterocycles. The molecule has 0 bridgehead atoms. The van der Waals surface area contributed by atoms with Gasteiger partial charge in [0.15, 0.2) is 0 Å². The number of esters is 2. The van der Waals surface area contributed by atoms with Crippen molar-refractivity contribution in [2.24, 2.45) is 0 Å². The third-order valence-electron chi connectivity index (χ3n) is 10.2. The predicted molar refractivity (Wildman–Crippen MR) is 199 cm³/mol. The van der Waals surface area contributed by atoms with Crippen LogP contribution in [0.25, 0.3) is 0 Å². The van der Waals surface area contributed by atoms with Crippen LogP contribution < -0.4 is 5.32 Å². The minimum atomic E-state index is -0.528. The van der Waals surface area contributed by atoms with E-state index >= 15 is 0 Å². The van der Waals surface area contributed by atoms with Gasteiger partial charge in [-0.05, 0) is 98.3 Å². The van der Waals surface area contributed by atoms with Crippen LogP contribution in [0.3, 0.4) is 0 Å². The van der Waals surface area contributed by atoms with Crippen LogP contribution in [0.1, 0.15) is 117 Å². The Labute approximate surface area is 311 Å². The lowest BCUT2D eigenvalue weighted by Crippen LogP contribution is -2.42. The van der Waals surface area contributed by atoms with Crippen molar-refractivity contribution in [1.29, 1.82) is 0 Å². The van der Waals surface area contributed by atoms with Gasteiger partial charge in [-0.2, -0.15) is 0 Å². The van der Waals surface area contributed by atoms with E-state index < -0.39 is 5.60 Å². The van der Waals surface area contributed by atoms with Crippen molar-refractivity contribution >= 4 is 40.7 Å². The average Bonchev–Trinajstić information content (AvgIpc) is 3.96. The molecular formula is C37H58N6O6S2. The van der Waals surface area contributed by atoms with E-state index in [0.29, 0.717) is 43.9 Å². The first-order valence-electron chi connectivity index (χ1n) is 18.8. The number of nitrogens with one attached hydrogen (secondary N) is 1. The van der Waals surface area contributed by atoms with Crippen LogP contribution in [0.4, 0.5) is 4.79 Å². The zero-order chi connectivity index (χ0) is 36.4. The molecule has 0 radical (unpaired) electrons. The Balaban J connectivity index is 0.000000205. The Morgan fingerprint density at radius 1 is 0.784 bits per heavy atom. The van der Waals surface area contributed by atoms with E-state index in [9.17, 15) is 14.4 Å².